The molecule has 0 bridgehead atoms. The van der Waals surface area contributed by atoms with Gasteiger partial charge in [0.15, 0.2) is 18.9 Å². The summed E-state index contributed by atoms with van der Waals surface area (Å²) < 4.78 is 36.8. The summed E-state index contributed by atoms with van der Waals surface area (Å²) in [5.74, 6) is -1.02. The molecular weight excluding hydrogens is 865 g/mol. The summed E-state index contributed by atoms with van der Waals surface area (Å²) in [5, 5.41) is 120. The van der Waals surface area contributed by atoms with Crippen molar-refractivity contribution in [3.63, 3.8) is 0 Å². The van der Waals surface area contributed by atoms with E-state index in [4.69, 9.17) is 28.4 Å². The number of fused-ring (bicyclic) bond motifs is 7. The third-order valence-electron chi connectivity index (χ3n) is 19.8. The first-order chi connectivity index (χ1) is 30.8. The number of aliphatic hydroxyl groups excluding tert-OH is 9. The minimum absolute atomic E-state index is 0.0508. The fraction of sp³-hybridized carbons (Fsp3) is 0.938. The van der Waals surface area contributed by atoms with Crippen molar-refractivity contribution in [2.45, 2.75) is 217 Å². The van der Waals surface area contributed by atoms with E-state index in [1.165, 1.54) is 6.92 Å². The molecule has 8 aliphatic rings. The Bertz CT molecular complexity index is 1810. The zero-order valence-electron chi connectivity index (χ0n) is 39.7. The molecule has 3 saturated heterocycles. The number of aliphatic hydroxyl groups is 10. The highest BCUT2D eigenvalue weighted by Gasteiger charge is 2.72. The lowest BCUT2D eigenvalue weighted by Crippen LogP contribution is -2.68. The predicted octanol–water partition coefficient (Wildman–Crippen LogP) is 0.705. The standard InChI is InChI=1S/C48H78O18/c1-21-11-16-48(42(58)59)18-17-45(6)23(38(48)47(21,8)60)9-10-27-44(5)14-13-28(43(3,4)26(44)12-15-46(27,45)7)64-40-36(33(55)30(52)24(19-49)62-40)66-41-37(34(56)31(53)25(20-50)63-41)65-39-35(57)32(54)29(51)22(2)61-39/h9,21-22,24-41,49-57,60H,10-20H2,1-8H3,(H,58,59). The minimum Gasteiger partial charge on any atom is -0.481 e. The molecule has 8 rings (SSSR count). The number of carboxylic acid groups (broad SMARTS) is 1. The molecule has 4 saturated carbocycles. The Labute approximate surface area is 387 Å². The fourth-order valence-corrected chi connectivity index (χ4v) is 15.3. The van der Waals surface area contributed by atoms with Crippen LogP contribution in [0.15, 0.2) is 11.6 Å². The van der Waals surface area contributed by atoms with Gasteiger partial charge in [-0.05, 0) is 111 Å². The van der Waals surface area contributed by atoms with Gasteiger partial charge in [0.25, 0.3) is 0 Å². The molecule has 0 radical (unpaired) electrons. The summed E-state index contributed by atoms with van der Waals surface area (Å²) in [4.78, 5) is 13.2. The van der Waals surface area contributed by atoms with E-state index in [2.05, 4.69) is 40.7 Å². The van der Waals surface area contributed by atoms with Crippen molar-refractivity contribution in [2.24, 2.45) is 50.7 Å². The first-order valence-electron chi connectivity index (χ1n) is 24.3. The Morgan fingerprint density at radius 2 is 1.23 bits per heavy atom. The summed E-state index contributed by atoms with van der Waals surface area (Å²) in [6.45, 7) is 15.3. The van der Waals surface area contributed by atoms with E-state index in [0.717, 1.165) is 37.7 Å². The Kier molecular flexibility index (Phi) is 13.7. The molecule has 25 atom stereocenters. The van der Waals surface area contributed by atoms with Crippen LogP contribution in [0, 0.1) is 50.7 Å². The van der Waals surface area contributed by atoms with Crippen LogP contribution < -0.4 is 0 Å². The predicted molar refractivity (Wildman–Crippen MR) is 231 cm³/mol. The number of allylic oxidation sites excluding steroid dienone is 1. The average Bonchev–Trinajstić information content (AvgIpc) is 3.26. The van der Waals surface area contributed by atoms with E-state index in [1.807, 2.05) is 13.8 Å². The first kappa shape index (κ1) is 50.9. The molecule has 378 valence electrons. The van der Waals surface area contributed by atoms with Gasteiger partial charge in [-0.3, -0.25) is 4.79 Å². The highest BCUT2D eigenvalue weighted by atomic mass is 16.8. The van der Waals surface area contributed by atoms with Crippen LogP contribution in [0.2, 0.25) is 0 Å². The van der Waals surface area contributed by atoms with Gasteiger partial charge >= 0.3 is 5.97 Å². The summed E-state index contributed by atoms with van der Waals surface area (Å²) in [5.41, 5.74) is -2.34. The second-order valence-electron chi connectivity index (χ2n) is 23.1. The smallest absolute Gasteiger partial charge is 0.310 e. The van der Waals surface area contributed by atoms with Crippen molar-refractivity contribution < 1.29 is 89.4 Å². The molecular formula is C48H78O18. The molecule has 0 aromatic rings. The zero-order valence-corrected chi connectivity index (χ0v) is 39.7. The second kappa shape index (κ2) is 17.7. The normalized spacial score (nSPS) is 55.9. The van der Waals surface area contributed by atoms with E-state index >= 15 is 0 Å². The van der Waals surface area contributed by atoms with Crippen molar-refractivity contribution >= 4 is 5.97 Å². The number of ether oxygens (including phenoxy) is 6. The quantitative estimate of drug-likeness (QED) is 0.112. The van der Waals surface area contributed by atoms with Gasteiger partial charge in [-0.15, -0.1) is 0 Å². The van der Waals surface area contributed by atoms with E-state index in [-0.39, 0.29) is 34.0 Å². The highest BCUT2D eigenvalue weighted by molar-refractivity contribution is 5.77. The molecule has 0 amide bonds. The molecule has 5 aliphatic carbocycles. The number of hydrogen-bond donors (Lipinski definition) is 11. The van der Waals surface area contributed by atoms with Crippen LogP contribution in [0.4, 0.5) is 0 Å². The highest BCUT2D eigenvalue weighted by Crippen LogP contribution is 2.76. The van der Waals surface area contributed by atoms with Gasteiger partial charge in [-0.2, -0.15) is 0 Å². The van der Waals surface area contributed by atoms with Crippen molar-refractivity contribution in [1.29, 1.82) is 0 Å². The summed E-state index contributed by atoms with van der Waals surface area (Å²) in [7, 11) is 0. The van der Waals surface area contributed by atoms with Crippen LogP contribution in [-0.4, -0.2) is 179 Å². The van der Waals surface area contributed by atoms with E-state index in [1.54, 1.807) is 0 Å². The summed E-state index contributed by atoms with van der Waals surface area (Å²) >= 11 is 0. The topological polar surface area (TPSA) is 295 Å². The second-order valence-corrected chi connectivity index (χ2v) is 23.1. The van der Waals surface area contributed by atoms with Crippen LogP contribution in [0.3, 0.4) is 0 Å². The van der Waals surface area contributed by atoms with Gasteiger partial charge in [0, 0.05) is 5.92 Å². The van der Waals surface area contributed by atoms with Crippen LogP contribution in [0.5, 0.6) is 0 Å². The van der Waals surface area contributed by atoms with Crippen molar-refractivity contribution in [3.05, 3.63) is 11.6 Å². The van der Waals surface area contributed by atoms with Crippen molar-refractivity contribution in [1.82, 2.24) is 0 Å². The monoisotopic (exact) mass is 943 g/mol. The van der Waals surface area contributed by atoms with E-state index < -0.39 is 140 Å². The lowest BCUT2D eigenvalue weighted by molar-refractivity contribution is -0.397. The number of hydrogen-bond acceptors (Lipinski definition) is 17. The molecule has 0 aromatic heterocycles. The molecule has 66 heavy (non-hydrogen) atoms. The third kappa shape index (κ3) is 7.52. The summed E-state index contributed by atoms with van der Waals surface area (Å²) in [6, 6.07) is 0. The van der Waals surface area contributed by atoms with Crippen LogP contribution in [0.1, 0.15) is 113 Å². The third-order valence-corrected chi connectivity index (χ3v) is 19.8. The molecule has 0 spiro atoms. The van der Waals surface area contributed by atoms with Gasteiger partial charge < -0.3 is 84.6 Å². The van der Waals surface area contributed by atoms with Crippen molar-refractivity contribution in [3.8, 4) is 0 Å². The molecule has 18 nitrogen and oxygen atoms in total. The number of rotatable bonds is 9. The van der Waals surface area contributed by atoms with E-state index in [9.17, 15) is 61.0 Å². The molecule has 0 aromatic carbocycles. The van der Waals surface area contributed by atoms with Gasteiger partial charge in [0.2, 0.25) is 0 Å². The Hall–Kier alpha value is -1.43. The maximum Gasteiger partial charge on any atom is 0.310 e. The largest absolute Gasteiger partial charge is 0.481 e. The molecule has 11 N–H and O–H groups in total. The zero-order chi connectivity index (χ0) is 48.4. The fourth-order valence-electron chi connectivity index (χ4n) is 15.3. The van der Waals surface area contributed by atoms with Crippen molar-refractivity contribution in [2.75, 3.05) is 13.2 Å². The van der Waals surface area contributed by atoms with Gasteiger partial charge in [-0.1, -0.05) is 53.2 Å². The van der Waals surface area contributed by atoms with Crippen LogP contribution in [0.25, 0.3) is 0 Å². The van der Waals surface area contributed by atoms with E-state index in [0.29, 0.717) is 25.7 Å². The molecule has 7 fully saturated rings. The van der Waals surface area contributed by atoms with Gasteiger partial charge in [0.05, 0.1) is 36.4 Å². The maximum absolute atomic E-state index is 13.2. The van der Waals surface area contributed by atoms with Gasteiger partial charge in [-0.25, -0.2) is 0 Å². The Morgan fingerprint density at radius 3 is 1.80 bits per heavy atom. The lowest BCUT2D eigenvalue weighted by Gasteiger charge is -2.72. The minimum atomic E-state index is -1.85. The SMILES string of the molecule is CC1OC(OC2C(OC3C(OC4CCC5(C)C(CCC6(C)C5CC=C5C7C(C(=O)O)(CCC(C)C7(C)O)CCC56C)C4(C)C)OC(CO)C(O)C3O)OC(CO)C(O)C2O)C(O)C(O)C1O. The first-order valence-corrected chi connectivity index (χ1v) is 24.3. The number of carbonyl (C=O) groups is 1. The lowest BCUT2D eigenvalue weighted by atomic mass is 9.33. The molecule has 18 heteroatoms. The Balaban J connectivity index is 1.06. The maximum atomic E-state index is 13.2. The molecule has 25 unspecified atom stereocenters. The van der Waals surface area contributed by atoms with Crippen LogP contribution in [-0.2, 0) is 33.2 Å². The summed E-state index contributed by atoms with van der Waals surface area (Å²) in [6.07, 6.45) is -15.9. The number of aliphatic carboxylic acids is 1. The Morgan fingerprint density at radius 1 is 0.652 bits per heavy atom. The molecule has 3 aliphatic heterocycles. The van der Waals surface area contributed by atoms with Gasteiger partial charge in [0.1, 0.15) is 67.1 Å². The van der Waals surface area contributed by atoms with Crippen LogP contribution >= 0.6 is 0 Å². The number of carboxylic acids is 1. The molecule has 3 heterocycles. The average molecular weight is 943 g/mol.